The van der Waals surface area contributed by atoms with Gasteiger partial charge >= 0.3 is 0 Å². The van der Waals surface area contributed by atoms with Gasteiger partial charge in [0.15, 0.2) is 10.9 Å². The summed E-state index contributed by atoms with van der Waals surface area (Å²) in [7, 11) is 1.66. The van der Waals surface area contributed by atoms with Crippen molar-refractivity contribution in [3.63, 3.8) is 0 Å². The van der Waals surface area contributed by atoms with Crippen molar-refractivity contribution in [2.45, 2.75) is 13.0 Å². The van der Waals surface area contributed by atoms with Crippen molar-refractivity contribution in [3.05, 3.63) is 29.8 Å². The highest BCUT2D eigenvalue weighted by Crippen LogP contribution is 2.28. The summed E-state index contributed by atoms with van der Waals surface area (Å²) in [6.07, 6.45) is 1.75. The third-order valence-corrected chi connectivity index (χ3v) is 3.62. The Kier molecular flexibility index (Phi) is 4.03. The Morgan fingerprint density at radius 2 is 2.33 bits per heavy atom. The number of nitrogens with zero attached hydrogens (tertiary/aromatic N) is 2. The molecule has 0 aliphatic heterocycles. The molecule has 1 atom stereocenters. The van der Waals surface area contributed by atoms with Crippen molar-refractivity contribution in [3.8, 4) is 5.75 Å². The van der Waals surface area contributed by atoms with Gasteiger partial charge in [-0.25, -0.2) is 4.98 Å². The molecule has 1 aromatic carbocycles. The Hall–Kier alpha value is -2.12. The fourth-order valence-corrected chi connectivity index (χ4v) is 2.58. The van der Waals surface area contributed by atoms with Crippen LogP contribution in [0.25, 0.3) is 10.9 Å². The summed E-state index contributed by atoms with van der Waals surface area (Å²) in [5, 5.41) is 14.2. The van der Waals surface area contributed by atoms with E-state index in [0.717, 1.165) is 27.6 Å². The van der Waals surface area contributed by atoms with E-state index in [1.54, 1.807) is 13.3 Å². The maximum Gasteiger partial charge on any atom is 0.188 e. The number of methoxy groups -OCH3 is 1. The molecular formula is C14H16N4O2S. The van der Waals surface area contributed by atoms with E-state index in [2.05, 4.69) is 20.5 Å². The molecule has 0 aliphatic carbocycles. The smallest absolute Gasteiger partial charge is 0.188 e. The lowest BCUT2D eigenvalue weighted by Crippen LogP contribution is -2.17. The van der Waals surface area contributed by atoms with E-state index >= 15 is 0 Å². The Morgan fingerprint density at radius 3 is 3.10 bits per heavy atom. The maximum absolute atomic E-state index is 5.81. The van der Waals surface area contributed by atoms with E-state index in [0.29, 0.717) is 6.61 Å². The number of fused-ring (bicyclic) bond motifs is 1. The summed E-state index contributed by atoms with van der Waals surface area (Å²) in [4.78, 5) is 4.20. The monoisotopic (exact) mass is 304 g/mol. The highest BCUT2D eigenvalue weighted by Gasteiger charge is 2.10. The van der Waals surface area contributed by atoms with Crippen LogP contribution in [0, 0.1) is 0 Å². The van der Waals surface area contributed by atoms with Crippen molar-refractivity contribution in [1.82, 2.24) is 15.2 Å². The SMILES string of the molecule is COCC(C)Oc1ccc2[nH]nc(Nc3nccs3)c2c1. The second-order valence-corrected chi connectivity index (χ2v) is 5.52. The van der Waals surface area contributed by atoms with Crippen molar-refractivity contribution in [2.75, 3.05) is 19.0 Å². The van der Waals surface area contributed by atoms with Crippen LogP contribution in [0.3, 0.4) is 0 Å². The van der Waals surface area contributed by atoms with Gasteiger partial charge in [0.2, 0.25) is 0 Å². The van der Waals surface area contributed by atoms with Crippen LogP contribution < -0.4 is 10.1 Å². The van der Waals surface area contributed by atoms with Crippen LogP contribution in [0.4, 0.5) is 10.9 Å². The molecule has 2 aromatic heterocycles. The molecule has 3 rings (SSSR count). The first-order valence-corrected chi connectivity index (χ1v) is 7.44. The number of benzene rings is 1. The lowest BCUT2D eigenvalue weighted by Gasteiger charge is -2.13. The van der Waals surface area contributed by atoms with Gasteiger partial charge in [-0.05, 0) is 25.1 Å². The quantitative estimate of drug-likeness (QED) is 0.732. The van der Waals surface area contributed by atoms with Crippen molar-refractivity contribution < 1.29 is 9.47 Å². The number of ether oxygens (including phenoxy) is 2. The first-order chi connectivity index (χ1) is 10.3. The van der Waals surface area contributed by atoms with Gasteiger partial charge in [-0.2, -0.15) is 5.10 Å². The van der Waals surface area contributed by atoms with Gasteiger partial charge in [-0.3, -0.25) is 5.10 Å². The van der Waals surface area contributed by atoms with Gasteiger partial charge in [-0.15, -0.1) is 11.3 Å². The van der Waals surface area contributed by atoms with Crippen LogP contribution >= 0.6 is 11.3 Å². The highest BCUT2D eigenvalue weighted by atomic mass is 32.1. The summed E-state index contributed by atoms with van der Waals surface area (Å²) in [6.45, 7) is 2.52. The van der Waals surface area contributed by atoms with Crippen molar-refractivity contribution in [1.29, 1.82) is 0 Å². The molecule has 0 fully saturated rings. The van der Waals surface area contributed by atoms with Crippen LogP contribution in [0.15, 0.2) is 29.8 Å². The molecule has 6 nitrogen and oxygen atoms in total. The van der Waals surface area contributed by atoms with Crippen LogP contribution in [-0.2, 0) is 4.74 Å². The molecule has 0 saturated heterocycles. The molecule has 2 heterocycles. The summed E-state index contributed by atoms with van der Waals surface area (Å²) < 4.78 is 10.9. The summed E-state index contributed by atoms with van der Waals surface area (Å²) in [6, 6.07) is 5.82. The number of anilines is 2. The standard InChI is InChI=1S/C14H16N4O2S/c1-9(8-19-2)20-10-3-4-12-11(7-10)13(18-17-12)16-14-15-5-6-21-14/h3-7,9H,8H2,1-2H3,(H2,15,16,17,18). The third kappa shape index (κ3) is 3.14. The van der Waals surface area contributed by atoms with Crippen LogP contribution in [-0.4, -0.2) is 35.0 Å². The zero-order valence-electron chi connectivity index (χ0n) is 11.8. The highest BCUT2D eigenvalue weighted by molar-refractivity contribution is 7.13. The van der Waals surface area contributed by atoms with Gasteiger partial charge in [0.1, 0.15) is 11.9 Å². The van der Waals surface area contributed by atoms with Gasteiger partial charge in [0.25, 0.3) is 0 Å². The molecular weight excluding hydrogens is 288 g/mol. The van der Waals surface area contributed by atoms with E-state index in [4.69, 9.17) is 9.47 Å². The normalized spacial score (nSPS) is 12.5. The summed E-state index contributed by atoms with van der Waals surface area (Å²) in [5.74, 6) is 1.53. The van der Waals surface area contributed by atoms with Gasteiger partial charge in [-0.1, -0.05) is 0 Å². The van der Waals surface area contributed by atoms with Crippen LogP contribution in [0.1, 0.15) is 6.92 Å². The topological polar surface area (TPSA) is 72.1 Å². The van der Waals surface area contributed by atoms with Gasteiger partial charge < -0.3 is 14.8 Å². The van der Waals surface area contributed by atoms with Crippen molar-refractivity contribution in [2.24, 2.45) is 0 Å². The number of H-pyrrole nitrogens is 1. The predicted molar refractivity (Wildman–Crippen MR) is 83.5 cm³/mol. The number of thiazole rings is 1. The average molecular weight is 304 g/mol. The van der Waals surface area contributed by atoms with E-state index in [1.807, 2.05) is 30.5 Å². The van der Waals surface area contributed by atoms with E-state index in [-0.39, 0.29) is 6.10 Å². The van der Waals surface area contributed by atoms with Crippen molar-refractivity contribution >= 4 is 33.2 Å². The maximum atomic E-state index is 5.81. The molecule has 0 bridgehead atoms. The second-order valence-electron chi connectivity index (χ2n) is 4.63. The van der Waals surface area contributed by atoms with E-state index in [1.165, 1.54) is 11.3 Å². The molecule has 0 spiro atoms. The fraction of sp³-hybridized carbons (Fsp3) is 0.286. The molecule has 0 radical (unpaired) electrons. The molecule has 21 heavy (non-hydrogen) atoms. The first kappa shape index (κ1) is 13.8. The minimum atomic E-state index is -0.00489. The summed E-state index contributed by atoms with van der Waals surface area (Å²) in [5.41, 5.74) is 0.945. The molecule has 7 heteroatoms. The number of nitrogens with one attached hydrogen (secondary N) is 2. The van der Waals surface area contributed by atoms with Gasteiger partial charge in [0, 0.05) is 24.1 Å². The summed E-state index contributed by atoms with van der Waals surface area (Å²) >= 11 is 1.53. The number of aromatic nitrogens is 3. The lowest BCUT2D eigenvalue weighted by atomic mass is 10.2. The van der Waals surface area contributed by atoms with Crippen LogP contribution in [0.2, 0.25) is 0 Å². The van der Waals surface area contributed by atoms with E-state index < -0.39 is 0 Å². The largest absolute Gasteiger partial charge is 0.488 e. The number of aromatic amines is 1. The van der Waals surface area contributed by atoms with Gasteiger partial charge in [0.05, 0.1) is 12.1 Å². The number of hydrogen-bond donors (Lipinski definition) is 2. The predicted octanol–water partition coefficient (Wildman–Crippen LogP) is 3.18. The Balaban J connectivity index is 1.85. The zero-order chi connectivity index (χ0) is 14.7. The minimum Gasteiger partial charge on any atom is -0.488 e. The molecule has 3 aromatic rings. The molecule has 2 N–H and O–H groups in total. The lowest BCUT2D eigenvalue weighted by molar-refractivity contribution is 0.0922. The second kappa shape index (κ2) is 6.11. The number of hydrogen-bond acceptors (Lipinski definition) is 6. The van der Waals surface area contributed by atoms with E-state index in [9.17, 15) is 0 Å². The molecule has 0 saturated carbocycles. The average Bonchev–Trinajstić information content (AvgIpc) is 3.10. The number of rotatable bonds is 6. The first-order valence-electron chi connectivity index (χ1n) is 6.56. The minimum absolute atomic E-state index is 0.00489. The third-order valence-electron chi connectivity index (χ3n) is 2.93. The zero-order valence-corrected chi connectivity index (χ0v) is 12.6. The fourth-order valence-electron chi connectivity index (χ4n) is 2.05. The molecule has 1 unspecified atom stereocenters. The van der Waals surface area contributed by atoms with Crippen LogP contribution in [0.5, 0.6) is 5.75 Å². The Labute approximate surface area is 126 Å². The Bertz CT molecular complexity index is 711. The molecule has 0 amide bonds. The molecule has 0 aliphatic rings. The molecule has 110 valence electrons. The Morgan fingerprint density at radius 1 is 1.43 bits per heavy atom.